The smallest absolute Gasteiger partial charge is 0.261 e. The number of hydrogen-bond donors (Lipinski definition) is 0. The molecule has 4 aliphatic rings. The Hall–Kier alpha value is -1.48. The molecule has 1 spiro atoms. The van der Waals surface area contributed by atoms with E-state index < -0.39 is 30.7 Å². The predicted octanol–water partition coefficient (Wildman–Crippen LogP) is 1.96. The van der Waals surface area contributed by atoms with Crippen LogP contribution in [-0.4, -0.2) is 45.2 Å². The monoisotopic (exact) mass is 513 g/mol. The van der Waals surface area contributed by atoms with Gasteiger partial charge in [0, 0.05) is 23.5 Å². The van der Waals surface area contributed by atoms with Gasteiger partial charge in [-0.25, -0.2) is 0 Å². The Balaban J connectivity index is 1.84. The van der Waals surface area contributed by atoms with Gasteiger partial charge in [0.05, 0.1) is 17.5 Å². The Kier molecular flexibility index (Phi) is 3.90. The van der Waals surface area contributed by atoms with Gasteiger partial charge in [0.15, 0.2) is 21.2 Å². The third kappa shape index (κ3) is 1.95. The molecule has 152 valence electrons. The number of benzene rings is 1. The molecule has 0 radical (unpaired) electrons. The van der Waals surface area contributed by atoms with Crippen LogP contribution < -0.4 is 9.47 Å². The predicted molar refractivity (Wildman–Crippen MR) is 114 cm³/mol. The zero-order chi connectivity index (χ0) is 20.9. The molecule has 0 saturated carbocycles. The number of ether oxygens (including phenoxy) is 2. The molecule has 3 unspecified atom stereocenters. The molecule has 5 rings (SSSR count). The largest absolute Gasteiger partial charge is 0.454 e. The van der Waals surface area contributed by atoms with Crippen LogP contribution in [-0.2, 0) is 39.1 Å². The van der Waals surface area contributed by atoms with Crippen LogP contribution in [0.3, 0.4) is 0 Å². The van der Waals surface area contributed by atoms with Crippen LogP contribution >= 0.6 is 15.9 Å². The number of likely N-dealkylation sites (N-methyl/N-ethyl adjacent to an activating group) is 1. The summed E-state index contributed by atoms with van der Waals surface area (Å²) in [6.07, 6.45) is 0.232. The molecule has 0 N–H and O–H groups in total. The van der Waals surface area contributed by atoms with E-state index in [-0.39, 0.29) is 25.0 Å². The Morgan fingerprint density at radius 1 is 1.34 bits per heavy atom. The van der Waals surface area contributed by atoms with Crippen molar-refractivity contribution >= 4 is 57.3 Å². The minimum absolute atomic E-state index is 0.0691. The molecule has 2 bridgehead atoms. The van der Waals surface area contributed by atoms with Gasteiger partial charge in [-0.1, -0.05) is 15.9 Å². The van der Waals surface area contributed by atoms with Crippen molar-refractivity contribution in [3.05, 3.63) is 22.2 Å². The summed E-state index contributed by atoms with van der Waals surface area (Å²) in [5.74, 6) is 0.751. The number of fused-ring (bicyclic) bond motifs is 2. The van der Waals surface area contributed by atoms with Crippen molar-refractivity contribution in [3.8, 4) is 17.6 Å². The average Bonchev–Trinajstić information content (AvgIpc) is 3.35. The Morgan fingerprint density at radius 3 is 2.72 bits per heavy atom. The van der Waals surface area contributed by atoms with Gasteiger partial charge >= 0.3 is 0 Å². The molecule has 11 heteroatoms. The number of hydrogen-bond acceptors (Lipinski definition) is 6. The SMILES string of the molecule is CN1C(=O)[C@]23C[C@](C)(C#N)C(c4c(Br)ccc5c4OCO5)N2C(=O)C1(C)S3=S=S. The van der Waals surface area contributed by atoms with Gasteiger partial charge < -0.3 is 19.3 Å². The van der Waals surface area contributed by atoms with Crippen LogP contribution in [0.25, 0.3) is 0 Å². The van der Waals surface area contributed by atoms with Crippen molar-refractivity contribution in [2.45, 2.75) is 36.1 Å². The van der Waals surface area contributed by atoms with E-state index in [2.05, 4.69) is 22.0 Å². The van der Waals surface area contributed by atoms with Crippen molar-refractivity contribution in [1.29, 1.82) is 5.26 Å². The lowest BCUT2D eigenvalue weighted by Gasteiger charge is -2.40. The number of amides is 2. The highest BCUT2D eigenvalue weighted by molar-refractivity contribution is 9.10. The van der Waals surface area contributed by atoms with Gasteiger partial charge in [-0.3, -0.25) is 9.59 Å². The summed E-state index contributed by atoms with van der Waals surface area (Å²) in [6, 6.07) is 5.35. The number of carbonyl (C=O) groups is 2. The van der Waals surface area contributed by atoms with Crippen LogP contribution in [0.1, 0.15) is 31.9 Å². The fraction of sp³-hybridized carbons (Fsp3) is 0.500. The number of nitrogens with zero attached hydrogens (tertiary/aromatic N) is 3. The van der Waals surface area contributed by atoms with E-state index in [1.165, 1.54) is 4.90 Å². The fourth-order valence-electron chi connectivity index (χ4n) is 5.12. The second-order valence-electron chi connectivity index (χ2n) is 7.95. The number of piperazine rings is 1. The van der Waals surface area contributed by atoms with Crippen LogP contribution in [0.5, 0.6) is 11.5 Å². The topological polar surface area (TPSA) is 82.9 Å². The van der Waals surface area contributed by atoms with E-state index >= 15 is 0 Å². The van der Waals surface area contributed by atoms with E-state index in [9.17, 15) is 14.9 Å². The first-order valence-corrected chi connectivity index (χ1v) is 13.1. The van der Waals surface area contributed by atoms with Gasteiger partial charge in [-0.15, -0.1) is 0 Å². The number of halogens is 1. The first kappa shape index (κ1) is 19.5. The van der Waals surface area contributed by atoms with Gasteiger partial charge in [-0.2, -0.15) is 5.26 Å². The highest BCUT2D eigenvalue weighted by atomic mass is 79.9. The molecule has 4 aliphatic heterocycles. The van der Waals surface area contributed by atoms with E-state index in [0.29, 0.717) is 21.5 Å². The van der Waals surface area contributed by atoms with Gasteiger partial charge in [-0.05, 0) is 55.5 Å². The van der Waals surface area contributed by atoms with Gasteiger partial charge in [0.2, 0.25) is 6.79 Å². The summed E-state index contributed by atoms with van der Waals surface area (Å²) in [6.45, 7) is 3.66. The molecule has 7 nitrogen and oxygen atoms in total. The Bertz CT molecular complexity index is 1130. The Morgan fingerprint density at radius 2 is 2.07 bits per heavy atom. The lowest BCUT2D eigenvalue weighted by molar-refractivity contribution is -0.159. The maximum absolute atomic E-state index is 13.8. The van der Waals surface area contributed by atoms with Crippen molar-refractivity contribution in [1.82, 2.24) is 9.80 Å². The summed E-state index contributed by atoms with van der Waals surface area (Å²) in [5, 5.41) is 10.2. The molecule has 29 heavy (non-hydrogen) atoms. The van der Waals surface area contributed by atoms with E-state index in [1.54, 1.807) is 31.9 Å². The second-order valence-corrected chi connectivity index (χ2v) is 13.6. The molecule has 3 saturated heterocycles. The van der Waals surface area contributed by atoms with Crippen LogP contribution in [0, 0.1) is 16.7 Å². The normalized spacial score (nSPS) is 39.1. The molecule has 0 aromatic heterocycles. The molecular formula is C18H16BrN3O4S3. The molecule has 1 aromatic rings. The van der Waals surface area contributed by atoms with Gasteiger partial charge in [0.25, 0.3) is 11.8 Å². The number of nitriles is 1. The van der Waals surface area contributed by atoms with Gasteiger partial charge in [0.1, 0.15) is 0 Å². The summed E-state index contributed by atoms with van der Waals surface area (Å²) >= 11 is 8.94. The molecular weight excluding hydrogens is 498 g/mol. The van der Waals surface area contributed by atoms with Crippen LogP contribution in [0.4, 0.5) is 0 Å². The summed E-state index contributed by atoms with van der Waals surface area (Å²) in [4.78, 5) is 28.3. The zero-order valence-corrected chi connectivity index (χ0v) is 19.8. The molecule has 0 aliphatic carbocycles. The molecule has 1 aromatic carbocycles. The van der Waals surface area contributed by atoms with Crippen molar-refractivity contribution < 1.29 is 19.1 Å². The lowest BCUT2D eigenvalue weighted by Crippen LogP contribution is -2.60. The number of carbonyl (C=O) groups excluding carboxylic acids is 2. The third-order valence-electron chi connectivity index (χ3n) is 6.54. The molecule has 2 amide bonds. The van der Waals surface area contributed by atoms with Crippen molar-refractivity contribution in [2.24, 2.45) is 5.41 Å². The minimum atomic E-state index is -1.12. The summed E-state index contributed by atoms with van der Waals surface area (Å²) in [7, 11) is 1.99. The highest BCUT2D eigenvalue weighted by Crippen LogP contribution is 2.67. The molecule has 3 fully saturated rings. The summed E-state index contributed by atoms with van der Waals surface area (Å²) < 4.78 is 12.0. The Labute approximate surface area is 185 Å². The van der Waals surface area contributed by atoms with Crippen LogP contribution in [0.15, 0.2) is 16.6 Å². The average molecular weight is 514 g/mol. The standard InChI is InChI=1S/C18H16BrN3O4S3/c1-16(7-20)6-18-15(24)21(3)17(2,29(18)28-27)14(23)22(18)13(16)11-9(19)4-5-10-12(11)26-8-25-10/h4-5,13H,6,8H2,1-3H3/t13?,16-,17?,18-,29?/m1/s1. The fourth-order valence-corrected chi connectivity index (χ4v) is 12.4. The third-order valence-corrected chi connectivity index (χ3v) is 13.1. The lowest BCUT2D eigenvalue weighted by atomic mass is 9.79. The second kappa shape index (κ2) is 5.81. The highest BCUT2D eigenvalue weighted by Gasteiger charge is 2.81. The maximum Gasteiger partial charge on any atom is 0.261 e. The van der Waals surface area contributed by atoms with E-state index in [4.69, 9.17) is 20.7 Å². The van der Waals surface area contributed by atoms with E-state index in [0.717, 1.165) is 8.88 Å². The number of rotatable bonds is 1. The van der Waals surface area contributed by atoms with Crippen molar-refractivity contribution in [3.63, 3.8) is 0 Å². The quantitative estimate of drug-likeness (QED) is 0.570. The minimum Gasteiger partial charge on any atom is -0.454 e. The van der Waals surface area contributed by atoms with E-state index in [1.807, 2.05) is 6.07 Å². The molecule has 4 heterocycles. The zero-order valence-electron chi connectivity index (χ0n) is 15.7. The first-order chi connectivity index (χ1) is 13.7. The maximum atomic E-state index is 13.8. The first-order valence-electron chi connectivity index (χ1n) is 8.84. The van der Waals surface area contributed by atoms with Crippen molar-refractivity contribution in [2.75, 3.05) is 13.8 Å². The summed E-state index contributed by atoms with van der Waals surface area (Å²) in [5.41, 5.74) is -0.337. The van der Waals surface area contributed by atoms with Crippen LogP contribution in [0.2, 0.25) is 0 Å². The molecule has 5 atom stereocenters.